The van der Waals surface area contributed by atoms with Gasteiger partial charge in [0.05, 0.1) is 22.7 Å². The molecule has 4 nitrogen and oxygen atoms in total. The quantitative estimate of drug-likeness (QED) is 0.482. The molecule has 0 fully saturated rings. The van der Waals surface area contributed by atoms with Gasteiger partial charge < -0.3 is 22.9 Å². The van der Waals surface area contributed by atoms with Crippen LogP contribution < -0.4 is 22.9 Å². The molecule has 0 bridgehead atoms. The van der Waals surface area contributed by atoms with E-state index in [1.165, 1.54) is 0 Å². The normalized spacial score (nSPS) is 10.3. The Morgan fingerprint density at radius 3 is 1.54 bits per heavy atom. The van der Waals surface area contributed by atoms with Crippen LogP contribution in [0.5, 0.6) is 0 Å². The molecule has 0 spiro atoms. The molecule has 1 aromatic rings. The van der Waals surface area contributed by atoms with Crippen LogP contribution in [0.3, 0.4) is 0 Å². The number of hydrogen-bond acceptors (Lipinski definition) is 4. The zero-order valence-electron chi connectivity index (χ0n) is 8.02. The van der Waals surface area contributed by atoms with Crippen molar-refractivity contribution in [3.05, 3.63) is 11.1 Å². The van der Waals surface area contributed by atoms with Crippen molar-refractivity contribution in [2.24, 2.45) is 0 Å². The summed E-state index contributed by atoms with van der Waals surface area (Å²) in [5.74, 6) is 0. The molecule has 0 saturated carbocycles. The Morgan fingerprint density at radius 2 is 1.23 bits per heavy atom. The van der Waals surface area contributed by atoms with E-state index in [-0.39, 0.29) is 0 Å². The van der Waals surface area contributed by atoms with E-state index in [0.717, 1.165) is 17.5 Å². The van der Waals surface area contributed by atoms with Gasteiger partial charge in [0.15, 0.2) is 0 Å². The Kier molecular flexibility index (Phi) is 2.23. The first-order valence-corrected chi connectivity index (χ1v) is 4.22. The lowest BCUT2D eigenvalue weighted by atomic mass is 10.0. The van der Waals surface area contributed by atoms with Gasteiger partial charge in [0.2, 0.25) is 0 Å². The van der Waals surface area contributed by atoms with Crippen molar-refractivity contribution in [2.45, 2.75) is 20.3 Å². The average molecular weight is 180 g/mol. The van der Waals surface area contributed by atoms with Gasteiger partial charge in [0.25, 0.3) is 0 Å². The fourth-order valence-electron chi connectivity index (χ4n) is 1.40. The summed E-state index contributed by atoms with van der Waals surface area (Å²) in [5, 5.41) is 0. The third kappa shape index (κ3) is 1.24. The van der Waals surface area contributed by atoms with Crippen LogP contribution in [0.25, 0.3) is 0 Å². The van der Waals surface area contributed by atoms with Gasteiger partial charge in [-0.1, -0.05) is 6.92 Å². The second-order valence-corrected chi connectivity index (χ2v) is 3.11. The van der Waals surface area contributed by atoms with Crippen LogP contribution in [0.1, 0.15) is 18.1 Å². The lowest BCUT2D eigenvalue weighted by Crippen LogP contribution is -2.09. The van der Waals surface area contributed by atoms with Crippen LogP contribution in [0.4, 0.5) is 22.7 Å². The lowest BCUT2D eigenvalue weighted by Gasteiger charge is -2.15. The summed E-state index contributed by atoms with van der Waals surface area (Å²) in [6.07, 6.45) is 0.742. The SMILES string of the molecule is CCc1c(N)c(N)c(C)c(N)c1N. The highest BCUT2D eigenvalue weighted by Gasteiger charge is 2.12. The topological polar surface area (TPSA) is 104 Å². The first-order valence-electron chi connectivity index (χ1n) is 4.22. The van der Waals surface area contributed by atoms with Crippen LogP contribution in [0.2, 0.25) is 0 Å². The molecule has 0 atom stereocenters. The third-order valence-electron chi connectivity index (χ3n) is 2.39. The highest BCUT2D eigenvalue weighted by Crippen LogP contribution is 2.35. The maximum Gasteiger partial charge on any atom is 0.0605 e. The molecule has 0 saturated heterocycles. The summed E-state index contributed by atoms with van der Waals surface area (Å²) in [4.78, 5) is 0. The Morgan fingerprint density at radius 1 is 0.846 bits per heavy atom. The van der Waals surface area contributed by atoms with Crippen LogP contribution in [0.15, 0.2) is 0 Å². The smallest absolute Gasteiger partial charge is 0.0605 e. The molecular weight excluding hydrogens is 164 g/mol. The Balaban J connectivity index is 3.56. The van der Waals surface area contributed by atoms with E-state index in [2.05, 4.69) is 0 Å². The van der Waals surface area contributed by atoms with Gasteiger partial charge in [-0.15, -0.1) is 0 Å². The second kappa shape index (κ2) is 3.05. The Hall–Kier alpha value is -1.58. The number of nitrogens with two attached hydrogens (primary N) is 4. The maximum atomic E-state index is 5.80. The van der Waals surface area contributed by atoms with Crippen molar-refractivity contribution in [1.82, 2.24) is 0 Å². The van der Waals surface area contributed by atoms with Crippen molar-refractivity contribution in [1.29, 1.82) is 0 Å². The largest absolute Gasteiger partial charge is 0.397 e. The summed E-state index contributed by atoms with van der Waals surface area (Å²) >= 11 is 0. The number of benzene rings is 1. The highest BCUT2D eigenvalue weighted by atomic mass is 14.8. The zero-order valence-corrected chi connectivity index (χ0v) is 8.02. The summed E-state index contributed by atoms with van der Waals surface area (Å²) in [5.41, 5.74) is 27.0. The molecule has 0 amide bonds. The summed E-state index contributed by atoms with van der Waals surface area (Å²) in [6, 6.07) is 0. The molecule has 0 aliphatic rings. The van der Waals surface area contributed by atoms with Gasteiger partial charge >= 0.3 is 0 Å². The molecule has 0 aromatic heterocycles. The van der Waals surface area contributed by atoms with Gasteiger partial charge in [-0.3, -0.25) is 0 Å². The lowest BCUT2D eigenvalue weighted by molar-refractivity contribution is 1.15. The van der Waals surface area contributed by atoms with Crippen LogP contribution in [-0.2, 0) is 6.42 Å². The van der Waals surface area contributed by atoms with Crippen LogP contribution in [-0.4, -0.2) is 0 Å². The minimum absolute atomic E-state index is 0.545. The van der Waals surface area contributed by atoms with E-state index in [1.54, 1.807) is 0 Å². The van der Waals surface area contributed by atoms with Gasteiger partial charge in [0, 0.05) is 5.56 Å². The second-order valence-electron chi connectivity index (χ2n) is 3.11. The van der Waals surface area contributed by atoms with Crippen LogP contribution >= 0.6 is 0 Å². The number of rotatable bonds is 1. The fraction of sp³-hybridized carbons (Fsp3) is 0.333. The van der Waals surface area contributed by atoms with Crippen molar-refractivity contribution in [2.75, 3.05) is 22.9 Å². The van der Waals surface area contributed by atoms with Gasteiger partial charge in [-0.2, -0.15) is 0 Å². The standard InChI is InChI=1S/C9H16N4/c1-3-5-8(12)6(10)4(2)7(11)9(5)13/h3,10-13H2,1-2H3. The van der Waals surface area contributed by atoms with E-state index in [4.69, 9.17) is 22.9 Å². The zero-order chi connectivity index (χ0) is 10.2. The van der Waals surface area contributed by atoms with E-state index >= 15 is 0 Å². The van der Waals surface area contributed by atoms with Crippen LogP contribution in [0, 0.1) is 6.92 Å². The first-order chi connectivity index (χ1) is 6.00. The Bertz CT molecular complexity index is 315. The molecule has 1 aromatic carbocycles. The maximum absolute atomic E-state index is 5.80. The highest BCUT2D eigenvalue weighted by molar-refractivity contribution is 5.87. The summed E-state index contributed by atoms with van der Waals surface area (Å²) < 4.78 is 0. The number of hydrogen-bond donors (Lipinski definition) is 4. The molecule has 1 rings (SSSR count). The van der Waals surface area contributed by atoms with E-state index in [0.29, 0.717) is 22.7 Å². The van der Waals surface area contributed by atoms with E-state index in [1.807, 2.05) is 13.8 Å². The molecule has 0 radical (unpaired) electrons. The number of anilines is 4. The van der Waals surface area contributed by atoms with E-state index in [9.17, 15) is 0 Å². The minimum Gasteiger partial charge on any atom is -0.397 e. The van der Waals surface area contributed by atoms with E-state index < -0.39 is 0 Å². The van der Waals surface area contributed by atoms with Crippen molar-refractivity contribution < 1.29 is 0 Å². The molecule has 0 aliphatic carbocycles. The van der Waals surface area contributed by atoms with Crippen molar-refractivity contribution >= 4 is 22.7 Å². The monoisotopic (exact) mass is 180 g/mol. The average Bonchev–Trinajstić information content (AvgIpc) is 2.13. The third-order valence-corrected chi connectivity index (χ3v) is 2.39. The molecular formula is C9H16N4. The Labute approximate surface area is 77.9 Å². The molecule has 4 heteroatoms. The fourth-order valence-corrected chi connectivity index (χ4v) is 1.40. The summed E-state index contributed by atoms with van der Waals surface area (Å²) in [7, 11) is 0. The predicted molar refractivity (Wildman–Crippen MR) is 58.2 cm³/mol. The molecule has 0 aliphatic heterocycles. The molecule has 0 heterocycles. The predicted octanol–water partition coefficient (Wildman–Crippen LogP) is 0.886. The molecule has 72 valence electrons. The van der Waals surface area contributed by atoms with Gasteiger partial charge in [-0.25, -0.2) is 0 Å². The van der Waals surface area contributed by atoms with Crippen molar-refractivity contribution in [3.8, 4) is 0 Å². The molecule has 0 unspecified atom stereocenters. The minimum atomic E-state index is 0.545. The summed E-state index contributed by atoms with van der Waals surface area (Å²) in [6.45, 7) is 3.78. The van der Waals surface area contributed by atoms with Gasteiger partial charge in [0.1, 0.15) is 0 Å². The molecule has 8 N–H and O–H groups in total. The molecule has 13 heavy (non-hydrogen) atoms. The van der Waals surface area contributed by atoms with Crippen molar-refractivity contribution in [3.63, 3.8) is 0 Å². The first kappa shape index (κ1) is 9.51. The number of nitrogen functional groups attached to an aromatic ring is 4. The van der Waals surface area contributed by atoms with Gasteiger partial charge in [-0.05, 0) is 18.9 Å².